The van der Waals surface area contributed by atoms with Gasteiger partial charge in [0.25, 0.3) is 5.91 Å². The van der Waals surface area contributed by atoms with E-state index in [-0.39, 0.29) is 5.91 Å². The van der Waals surface area contributed by atoms with Crippen molar-refractivity contribution < 1.29 is 4.79 Å². The summed E-state index contributed by atoms with van der Waals surface area (Å²) in [6.07, 6.45) is 1.61. The molecule has 2 aromatic heterocycles. The van der Waals surface area contributed by atoms with E-state index in [1.165, 1.54) is 0 Å². The second-order valence-electron chi connectivity index (χ2n) is 8.06. The average molecular weight is 446 g/mol. The van der Waals surface area contributed by atoms with Crippen LogP contribution in [-0.2, 0) is 0 Å². The molecule has 0 radical (unpaired) electrons. The normalized spacial score (nSPS) is 11.1. The summed E-state index contributed by atoms with van der Waals surface area (Å²) in [5.74, 6) is -0.235. The molecule has 2 heterocycles. The Morgan fingerprint density at radius 2 is 1.91 bits per heavy atom. The van der Waals surface area contributed by atoms with Crippen molar-refractivity contribution in [2.75, 3.05) is 50.2 Å². The minimum atomic E-state index is -0.235. The molecule has 1 amide bonds. The van der Waals surface area contributed by atoms with Gasteiger partial charge in [0.15, 0.2) is 0 Å². The highest BCUT2D eigenvalue weighted by Gasteiger charge is 2.12. The zero-order valence-electron chi connectivity index (χ0n) is 18.5. The smallest absolute Gasteiger partial charge is 0.257 e. The van der Waals surface area contributed by atoms with Gasteiger partial charge < -0.3 is 20.9 Å². The zero-order chi connectivity index (χ0) is 22.7. The Bertz CT molecular complexity index is 1240. The first-order valence-corrected chi connectivity index (χ1v) is 11.3. The number of aromatic nitrogens is 1. The van der Waals surface area contributed by atoms with Crippen molar-refractivity contribution in [1.29, 1.82) is 0 Å². The van der Waals surface area contributed by atoms with Crippen LogP contribution in [0.5, 0.6) is 0 Å². The van der Waals surface area contributed by atoms with Crippen LogP contribution in [-0.4, -0.2) is 50.0 Å². The first-order valence-electron chi connectivity index (χ1n) is 10.4. The quantitative estimate of drug-likeness (QED) is 0.400. The lowest BCUT2D eigenvalue weighted by Gasteiger charge is -2.21. The van der Waals surface area contributed by atoms with Gasteiger partial charge in [-0.2, -0.15) is 0 Å². The Hall–Kier alpha value is -3.42. The highest BCUT2D eigenvalue weighted by Crippen LogP contribution is 2.30. The number of fused-ring (bicyclic) bond motifs is 1. The minimum absolute atomic E-state index is 0.235. The molecule has 4 aromatic rings. The van der Waals surface area contributed by atoms with Gasteiger partial charge in [-0.15, -0.1) is 11.3 Å². The lowest BCUT2D eigenvalue weighted by molar-refractivity contribution is 0.102. The fourth-order valence-electron chi connectivity index (χ4n) is 3.41. The van der Waals surface area contributed by atoms with Crippen molar-refractivity contribution >= 4 is 45.2 Å². The summed E-state index contributed by atoms with van der Waals surface area (Å²) >= 11 is 1.65. The van der Waals surface area contributed by atoms with Crippen LogP contribution in [0.2, 0.25) is 0 Å². The molecule has 0 unspecified atom stereocenters. The molecule has 0 atom stereocenters. The highest BCUT2D eigenvalue weighted by molar-refractivity contribution is 7.13. The lowest BCUT2D eigenvalue weighted by atomic mass is 10.1. The highest BCUT2D eigenvalue weighted by atomic mass is 32.1. The number of benzene rings is 2. The predicted octanol–water partition coefficient (Wildman–Crippen LogP) is 4.80. The number of amides is 1. The molecule has 2 aromatic carbocycles. The summed E-state index contributed by atoms with van der Waals surface area (Å²) in [5.41, 5.74) is 10.7. The second-order valence-corrected chi connectivity index (χ2v) is 9.01. The topological polar surface area (TPSA) is 74.5 Å². The predicted molar refractivity (Wildman–Crippen MR) is 136 cm³/mol. The van der Waals surface area contributed by atoms with E-state index in [1.807, 2.05) is 47.8 Å². The van der Waals surface area contributed by atoms with Crippen LogP contribution in [0, 0.1) is 0 Å². The van der Waals surface area contributed by atoms with Crippen molar-refractivity contribution in [2.24, 2.45) is 0 Å². The van der Waals surface area contributed by atoms with Gasteiger partial charge in [0.05, 0.1) is 22.5 Å². The fraction of sp³-hybridized carbons (Fsp3) is 0.200. The number of hydrogen-bond donors (Lipinski definition) is 2. The third-order valence-electron chi connectivity index (χ3n) is 5.36. The lowest BCUT2D eigenvalue weighted by Crippen LogP contribution is -2.28. The number of nitrogens with two attached hydrogens (primary N) is 1. The summed E-state index contributed by atoms with van der Waals surface area (Å²) in [6, 6.07) is 17.7. The van der Waals surface area contributed by atoms with E-state index < -0.39 is 0 Å². The number of likely N-dealkylation sites (N-methyl/N-ethyl adjacent to an activating group) is 2. The van der Waals surface area contributed by atoms with Crippen molar-refractivity contribution in [2.45, 2.75) is 0 Å². The summed E-state index contributed by atoms with van der Waals surface area (Å²) in [5, 5.41) is 5.88. The van der Waals surface area contributed by atoms with Crippen molar-refractivity contribution in [1.82, 2.24) is 9.88 Å². The van der Waals surface area contributed by atoms with Crippen molar-refractivity contribution in [3.8, 4) is 10.4 Å². The third-order valence-corrected chi connectivity index (χ3v) is 6.28. The molecule has 0 saturated carbocycles. The molecule has 4 rings (SSSR count). The number of nitrogens with one attached hydrogen (secondary N) is 1. The van der Waals surface area contributed by atoms with Gasteiger partial charge in [-0.3, -0.25) is 9.78 Å². The second kappa shape index (κ2) is 9.38. The maximum absolute atomic E-state index is 12.9. The maximum Gasteiger partial charge on any atom is 0.257 e. The van der Waals surface area contributed by atoms with E-state index in [9.17, 15) is 4.79 Å². The van der Waals surface area contributed by atoms with Gasteiger partial charge in [-0.1, -0.05) is 18.2 Å². The monoisotopic (exact) mass is 445 g/mol. The zero-order valence-corrected chi connectivity index (χ0v) is 19.3. The summed E-state index contributed by atoms with van der Waals surface area (Å²) < 4.78 is 0. The third kappa shape index (κ3) is 4.90. The van der Waals surface area contributed by atoms with Crippen LogP contribution < -0.4 is 16.0 Å². The fourth-order valence-corrected chi connectivity index (χ4v) is 4.13. The molecule has 0 fully saturated rings. The molecular weight excluding hydrogens is 418 g/mol. The minimum Gasteiger partial charge on any atom is -0.397 e. The number of pyridine rings is 1. The number of nitrogens with zero attached hydrogens (tertiary/aromatic N) is 3. The van der Waals surface area contributed by atoms with Crippen LogP contribution in [0.25, 0.3) is 21.3 Å². The number of anilines is 3. The van der Waals surface area contributed by atoms with Crippen LogP contribution in [0.4, 0.5) is 17.1 Å². The molecule has 3 N–H and O–H groups in total. The van der Waals surface area contributed by atoms with E-state index in [0.717, 1.165) is 40.1 Å². The number of rotatable bonds is 7. The number of hydrogen-bond acceptors (Lipinski definition) is 6. The number of carbonyl (C=O) groups excluding carboxylic acids is 1. The molecule has 0 aliphatic heterocycles. The van der Waals surface area contributed by atoms with Gasteiger partial charge in [0.1, 0.15) is 0 Å². The average Bonchev–Trinajstić information content (AvgIpc) is 3.33. The first-order chi connectivity index (χ1) is 15.4. The Morgan fingerprint density at radius 1 is 1.06 bits per heavy atom. The van der Waals surface area contributed by atoms with Crippen LogP contribution in [0.15, 0.2) is 66.2 Å². The van der Waals surface area contributed by atoms with Crippen LogP contribution >= 0.6 is 11.3 Å². The maximum atomic E-state index is 12.9. The van der Waals surface area contributed by atoms with Gasteiger partial charge in [-0.05, 0) is 61.4 Å². The Kier molecular flexibility index (Phi) is 6.39. The molecule has 0 aliphatic rings. The van der Waals surface area contributed by atoms with E-state index >= 15 is 0 Å². The number of carbonyl (C=O) groups is 1. The van der Waals surface area contributed by atoms with Gasteiger partial charge in [0, 0.05) is 42.3 Å². The molecule has 0 aliphatic carbocycles. The van der Waals surface area contributed by atoms with Gasteiger partial charge in [-0.25, -0.2) is 0 Å². The Labute approximate surface area is 192 Å². The molecule has 164 valence electrons. The Balaban J connectivity index is 1.53. The first kappa shape index (κ1) is 21.8. The van der Waals surface area contributed by atoms with E-state index in [2.05, 4.69) is 53.4 Å². The van der Waals surface area contributed by atoms with E-state index in [4.69, 9.17) is 5.73 Å². The van der Waals surface area contributed by atoms with Crippen LogP contribution in [0.1, 0.15) is 10.4 Å². The van der Waals surface area contributed by atoms with Gasteiger partial charge in [0.2, 0.25) is 0 Å². The summed E-state index contributed by atoms with van der Waals surface area (Å²) in [4.78, 5) is 22.9. The van der Waals surface area contributed by atoms with E-state index in [0.29, 0.717) is 16.9 Å². The van der Waals surface area contributed by atoms with Crippen molar-refractivity contribution in [3.05, 3.63) is 71.7 Å². The van der Waals surface area contributed by atoms with E-state index in [1.54, 1.807) is 17.5 Å². The molecule has 32 heavy (non-hydrogen) atoms. The molecule has 0 spiro atoms. The standard InChI is InChI=1S/C25H27N5OS/c1-29(2)10-11-30(3)20-8-6-17-13-19(16-27-22(17)15-20)25(31)28-23-14-18(7-9-21(23)26)24-5-4-12-32-24/h4-9,12-16H,10-11,26H2,1-3H3,(H,28,31). The molecule has 0 bridgehead atoms. The molecule has 0 saturated heterocycles. The van der Waals surface area contributed by atoms with Gasteiger partial charge >= 0.3 is 0 Å². The molecule has 7 heteroatoms. The largest absolute Gasteiger partial charge is 0.397 e. The number of thiophene rings is 1. The van der Waals surface area contributed by atoms with Crippen LogP contribution in [0.3, 0.4) is 0 Å². The number of nitrogen functional groups attached to an aromatic ring is 1. The Morgan fingerprint density at radius 3 is 2.66 bits per heavy atom. The molecule has 6 nitrogen and oxygen atoms in total. The summed E-state index contributed by atoms with van der Waals surface area (Å²) in [6.45, 7) is 1.89. The SMILES string of the molecule is CN(C)CCN(C)c1ccc2cc(C(=O)Nc3cc(-c4cccs4)ccc3N)cnc2c1. The molecular formula is C25H27N5OS. The van der Waals surface area contributed by atoms with Crippen molar-refractivity contribution in [3.63, 3.8) is 0 Å². The summed E-state index contributed by atoms with van der Waals surface area (Å²) in [7, 11) is 6.20.